The van der Waals surface area contributed by atoms with Crippen molar-refractivity contribution in [3.8, 4) is 0 Å². The van der Waals surface area contributed by atoms with Crippen molar-refractivity contribution in [3.63, 3.8) is 0 Å². The zero-order valence-corrected chi connectivity index (χ0v) is 14.3. The maximum absolute atomic E-state index is 12.3. The molecule has 3 N–H and O–H groups in total. The summed E-state index contributed by atoms with van der Waals surface area (Å²) in [4.78, 5) is 12.3. The highest BCUT2D eigenvalue weighted by atomic mass is 32.2. The number of carbonyl (C=O) groups excluding carboxylic acids is 1. The van der Waals surface area contributed by atoms with Crippen molar-refractivity contribution in [2.24, 2.45) is 17.6 Å². The summed E-state index contributed by atoms with van der Waals surface area (Å²) < 4.78 is 24.1. The van der Waals surface area contributed by atoms with Gasteiger partial charge in [0.25, 0.3) is 5.91 Å². The topological polar surface area (TPSA) is 94.2 Å². The molecule has 0 unspecified atom stereocenters. The smallest absolute Gasteiger partial charge is 0.268 e. The van der Waals surface area contributed by atoms with E-state index in [1.807, 2.05) is 13.8 Å². The summed E-state index contributed by atoms with van der Waals surface area (Å²) >= 11 is 0. The van der Waals surface area contributed by atoms with Gasteiger partial charge in [0, 0.05) is 18.8 Å². The van der Waals surface area contributed by atoms with Gasteiger partial charge in [0.1, 0.15) is 10.6 Å². The van der Waals surface area contributed by atoms with Crippen molar-refractivity contribution in [3.05, 3.63) is 18.0 Å². The van der Waals surface area contributed by atoms with E-state index in [1.165, 1.54) is 16.8 Å². The van der Waals surface area contributed by atoms with E-state index in [0.29, 0.717) is 0 Å². The predicted molar refractivity (Wildman–Crippen MR) is 82.4 cm³/mol. The van der Waals surface area contributed by atoms with Crippen LogP contribution in [-0.4, -0.2) is 24.4 Å². The largest absolute Gasteiger partial charge is 0.346 e. The third-order valence-electron chi connectivity index (χ3n) is 2.97. The van der Waals surface area contributed by atoms with Gasteiger partial charge in [-0.05, 0) is 31.7 Å². The molecule has 0 aromatic carbocycles. The van der Waals surface area contributed by atoms with Gasteiger partial charge in [0.15, 0.2) is 0 Å². The van der Waals surface area contributed by atoms with Crippen LogP contribution in [0.25, 0.3) is 0 Å². The van der Waals surface area contributed by atoms with E-state index in [2.05, 4.69) is 26.1 Å². The number of carbonyl (C=O) groups is 1. The monoisotopic (exact) mass is 315 g/mol. The minimum Gasteiger partial charge on any atom is -0.346 e. The Kier molecular flexibility index (Phi) is 4.60. The number of amides is 1. The maximum atomic E-state index is 12.3. The molecule has 0 atom stereocenters. The minimum atomic E-state index is -3.81. The lowest BCUT2D eigenvalue weighted by atomic mass is 9.82. The standard InChI is InChI=1S/C14H25N3O3S/c1-13(2,3)9-14(4,5)16-12(18)11-7-10(8-17(11)6)21(15,19)20/h7-8H,9H2,1-6H3,(H,16,18)(H2,15,19,20). The summed E-state index contributed by atoms with van der Waals surface area (Å²) in [6, 6.07) is 1.29. The molecule has 0 saturated heterocycles. The molecule has 0 aliphatic carbocycles. The highest BCUT2D eigenvalue weighted by Gasteiger charge is 2.28. The average Bonchev–Trinajstić information content (AvgIpc) is 2.54. The number of aromatic nitrogens is 1. The van der Waals surface area contributed by atoms with Crippen LogP contribution in [0.15, 0.2) is 17.2 Å². The highest BCUT2D eigenvalue weighted by Crippen LogP contribution is 2.27. The van der Waals surface area contributed by atoms with E-state index in [1.54, 1.807) is 7.05 Å². The summed E-state index contributed by atoms with van der Waals surface area (Å²) in [5, 5.41) is 8.02. The zero-order chi connectivity index (χ0) is 16.6. The average molecular weight is 315 g/mol. The number of nitrogens with two attached hydrogens (primary N) is 1. The van der Waals surface area contributed by atoms with Crippen molar-refractivity contribution in [1.82, 2.24) is 9.88 Å². The van der Waals surface area contributed by atoms with Crippen LogP contribution in [0.4, 0.5) is 0 Å². The lowest BCUT2D eigenvalue weighted by molar-refractivity contribution is 0.0883. The van der Waals surface area contributed by atoms with E-state index in [9.17, 15) is 13.2 Å². The van der Waals surface area contributed by atoms with Gasteiger partial charge in [-0.15, -0.1) is 0 Å². The highest BCUT2D eigenvalue weighted by molar-refractivity contribution is 7.89. The second-order valence-corrected chi connectivity index (χ2v) is 8.85. The fourth-order valence-electron chi connectivity index (χ4n) is 2.66. The Labute approximate surface area is 126 Å². The Hall–Kier alpha value is -1.34. The van der Waals surface area contributed by atoms with Crippen LogP contribution in [0.5, 0.6) is 0 Å². The minimum absolute atomic E-state index is 0.0659. The SMILES string of the molecule is Cn1cc(S(N)(=O)=O)cc1C(=O)NC(C)(C)CC(C)(C)C. The van der Waals surface area contributed by atoms with Crippen molar-refractivity contribution < 1.29 is 13.2 Å². The van der Waals surface area contributed by atoms with Gasteiger partial charge >= 0.3 is 0 Å². The molecule has 0 fully saturated rings. The van der Waals surface area contributed by atoms with Crippen LogP contribution < -0.4 is 10.5 Å². The van der Waals surface area contributed by atoms with E-state index < -0.39 is 15.6 Å². The van der Waals surface area contributed by atoms with Gasteiger partial charge < -0.3 is 9.88 Å². The van der Waals surface area contributed by atoms with Gasteiger partial charge in [-0.2, -0.15) is 0 Å². The Morgan fingerprint density at radius 2 is 1.81 bits per heavy atom. The summed E-state index contributed by atoms with van der Waals surface area (Å²) in [6.45, 7) is 10.2. The summed E-state index contributed by atoms with van der Waals surface area (Å²) in [5.74, 6) is -0.318. The van der Waals surface area contributed by atoms with Crippen LogP contribution in [0.3, 0.4) is 0 Å². The second-order valence-electron chi connectivity index (χ2n) is 7.29. The van der Waals surface area contributed by atoms with Gasteiger partial charge in [0.05, 0.1) is 0 Å². The molecular weight excluding hydrogens is 290 g/mol. The van der Waals surface area contributed by atoms with Crippen LogP contribution >= 0.6 is 0 Å². The molecule has 0 spiro atoms. The number of hydrogen-bond acceptors (Lipinski definition) is 3. The van der Waals surface area contributed by atoms with Crippen LogP contribution in [-0.2, 0) is 17.1 Å². The summed E-state index contributed by atoms with van der Waals surface area (Å²) in [7, 11) is -2.20. The summed E-state index contributed by atoms with van der Waals surface area (Å²) in [5.41, 5.74) is -0.0704. The Balaban J connectivity index is 2.98. The molecule has 6 nitrogen and oxygen atoms in total. The summed E-state index contributed by atoms with van der Waals surface area (Å²) in [6.07, 6.45) is 2.12. The first-order valence-electron chi connectivity index (χ1n) is 6.73. The molecule has 0 aliphatic rings. The molecule has 0 bridgehead atoms. The van der Waals surface area contributed by atoms with Crippen molar-refractivity contribution in [2.45, 2.75) is 51.5 Å². The van der Waals surface area contributed by atoms with Crippen molar-refractivity contribution in [1.29, 1.82) is 0 Å². The van der Waals surface area contributed by atoms with Crippen molar-refractivity contribution in [2.75, 3.05) is 0 Å². The number of aryl methyl sites for hydroxylation is 1. The number of nitrogens with zero attached hydrogens (tertiary/aromatic N) is 1. The van der Waals surface area contributed by atoms with Gasteiger partial charge in [-0.25, -0.2) is 13.6 Å². The normalized spacial score (nSPS) is 13.3. The Morgan fingerprint density at radius 3 is 2.19 bits per heavy atom. The number of nitrogens with one attached hydrogen (secondary N) is 1. The van der Waals surface area contributed by atoms with Crippen molar-refractivity contribution >= 4 is 15.9 Å². The third kappa shape index (κ3) is 5.17. The van der Waals surface area contributed by atoms with E-state index >= 15 is 0 Å². The molecule has 21 heavy (non-hydrogen) atoms. The first kappa shape index (κ1) is 17.7. The Morgan fingerprint density at radius 1 is 1.29 bits per heavy atom. The molecule has 7 heteroatoms. The fourth-order valence-corrected chi connectivity index (χ4v) is 3.24. The van der Waals surface area contributed by atoms with Crippen LogP contribution in [0.1, 0.15) is 51.5 Å². The Bertz CT molecular complexity index is 637. The molecule has 1 aromatic rings. The molecule has 1 amide bonds. The van der Waals surface area contributed by atoms with Gasteiger partial charge in [0.2, 0.25) is 10.0 Å². The first-order valence-corrected chi connectivity index (χ1v) is 8.28. The van der Waals surface area contributed by atoms with Gasteiger partial charge in [-0.3, -0.25) is 4.79 Å². The zero-order valence-electron chi connectivity index (χ0n) is 13.5. The molecule has 0 radical (unpaired) electrons. The number of sulfonamides is 1. The molecule has 120 valence electrons. The maximum Gasteiger partial charge on any atom is 0.268 e. The third-order valence-corrected chi connectivity index (χ3v) is 3.85. The number of hydrogen-bond donors (Lipinski definition) is 2. The molecule has 1 rings (SSSR count). The molecule has 0 aliphatic heterocycles. The molecule has 1 aromatic heterocycles. The van der Waals surface area contributed by atoms with E-state index in [0.717, 1.165) is 6.42 Å². The predicted octanol–water partition coefficient (Wildman–Crippen LogP) is 1.62. The lowest BCUT2D eigenvalue weighted by Crippen LogP contribution is -2.46. The molecule has 1 heterocycles. The second kappa shape index (κ2) is 5.46. The quantitative estimate of drug-likeness (QED) is 0.884. The van der Waals surface area contributed by atoms with Crippen LogP contribution in [0, 0.1) is 5.41 Å². The first-order chi connectivity index (χ1) is 9.21. The molecular formula is C14H25N3O3S. The van der Waals surface area contributed by atoms with Gasteiger partial charge in [-0.1, -0.05) is 20.8 Å². The lowest BCUT2D eigenvalue weighted by Gasteiger charge is -2.33. The van der Waals surface area contributed by atoms with E-state index in [4.69, 9.17) is 5.14 Å². The number of rotatable bonds is 4. The molecule has 0 saturated carbocycles. The van der Waals surface area contributed by atoms with Crippen LogP contribution in [0.2, 0.25) is 0 Å². The van der Waals surface area contributed by atoms with E-state index in [-0.39, 0.29) is 21.9 Å². The number of primary sulfonamides is 1. The fraction of sp³-hybridized carbons (Fsp3) is 0.643.